The predicted octanol–water partition coefficient (Wildman–Crippen LogP) is -3.42. The van der Waals surface area contributed by atoms with E-state index in [2.05, 4.69) is 9.44 Å². The third kappa shape index (κ3) is 7.28. The summed E-state index contributed by atoms with van der Waals surface area (Å²) in [5, 5.41) is 62.3. The highest BCUT2D eigenvalue weighted by Crippen LogP contribution is 2.28. The average molecular weight is 621 g/mol. The second kappa shape index (κ2) is 13.0. The van der Waals surface area contributed by atoms with E-state index in [-0.39, 0.29) is 9.79 Å². The molecule has 2 fully saturated rings. The van der Waals surface area contributed by atoms with Crippen LogP contribution in [-0.4, -0.2) is 122 Å². The molecular weight excluding hydrogens is 588 g/mol. The molecule has 0 saturated carbocycles. The molecule has 228 valence electrons. The first-order valence-electron chi connectivity index (χ1n) is 12.5. The van der Waals surface area contributed by atoms with Crippen molar-refractivity contribution in [3.63, 3.8) is 0 Å². The molecule has 8 N–H and O–H groups in total. The lowest BCUT2D eigenvalue weighted by molar-refractivity contribution is -0.372. The molecule has 0 bridgehead atoms. The summed E-state index contributed by atoms with van der Waals surface area (Å²) in [7, 11) is -8.07. The molecule has 0 aromatic heterocycles. The average Bonchev–Trinajstić information content (AvgIpc) is 2.97. The van der Waals surface area contributed by atoms with Crippen LogP contribution in [0.25, 0.3) is 0 Å². The Balaban J connectivity index is 1.42. The molecule has 0 unspecified atom stereocenters. The molecule has 2 aliphatic heterocycles. The number of hydrogen-bond acceptors (Lipinski definition) is 13. The number of rotatable bonds is 10. The maximum absolute atomic E-state index is 12.5. The van der Waals surface area contributed by atoms with Gasteiger partial charge in [0.25, 0.3) is 0 Å². The number of aliphatic hydroxyl groups is 6. The molecule has 2 aromatic carbocycles. The lowest BCUT2D eigenvalue weighted by atomic mass is 9.98. The van der Waals surface area contributed by atoms with E-state index >= 15 is 0 Å². The highest BCUT2D eigenvalue weighted by molar-refractivity contribution is 7.89. The Morgan fingerprint density at radius 1 is 0.561 bits per heavy atom. The van der Waals surface area contributed by atoms with Crippen molar-refractivity contribution >= 4 is 20.0 Å². The largest absolute Gasteiger partial charge is 0.388 e. The van der Waals surface area contributed by atoms with Crippen molar-refractivity contribution in [3.05, 3.63) is 60.7 Å². The van der Waals surface area contributed by atoms with E-state index in [1.807, 2.05) is 0 Å². The van der Waals surface area contributed by atoms with Gasteiger partial charge in [-0.05, 0) is 24.3 Å². The molecule has 2 aromatic rings. The highest BCUT2D eigenvalue weighted by atomic mass is 32.2. The van der Waals surface area contributed by atoms with Gasteiger partial charge in [0.15, 0.2) is 12.6 Å². The second-order valence-electron chi connectivity index (χ2n) is 9.50. The summed E-state index contributed by atoms with van der Waals surface area (Å²) in [5.41, 5.74) is 0. The lowest BCUT2D eigenvalue weighted by Crippen LogP contribution is -2.64. The first-order valence-corrected chi connectivity index (χ1v) is 15.4. The molecule has 41 heavy (non-hydrogen) atoms. The molecule has 0 spiro atoms. The number of sulfonamides is 2. The van der Waals surface area contributed by atoms with Gasteiger partial charge in [-0.25, -0.2) is 26.3 Å². The lowest BCUT2D eigenvalue weighted by Gasteiger charge is -2.45. The Kier molecular flexibility index (Phi) is 10.1. The Morgan fingerprint density at radius 3 is 1.24 bits per heavy atom. The fraction of sp³-hybridized carbons (Fsp3) is 0.500. The summed E-state index contributed by atoms with van der Waals surface area (Å²) >= 11 is 0. The molecule has 0 radical (unpaired) electrons. The Bertz CT molecular complexity index is 1250. The van der Waals surface area contributed by atoms with E-state index in [1.54, 1.807) is 12.1 Å². The van der Waals surface area contributed by atoms with Gasteiger partial charge in [0.05, 0.1) is 9.79 Å². The standard InChI is InChI=1S/C24H32N2O13S2/c27-17-15(11-25-40(33,34)13-7-3-1-4-8-13)37-23(21(31)19(17)29)39-24-22(32)20(30)18(28)16(38-24)12-26-41(35,36)14-9-5-2-6-10-14/h1-10,15-32H,11-12H2/t15-,16-,17-,18-,19+,20+,21-,22-,23-,24-/m1/s1. The first kappa shape index (κ1) is 31.8. The van der Waals surface area contributed by atoms with Crippen LogP contribution in [0, 0.1) is 0 Å². The molecule has 4 rings (SSSR count). The quantitative estimate of drug-likeness (QED) is 0.129. The Labute approximate surface area is 236 Å². The van der Waals surface area contributed by atoms with E-state index in [9.17, 15) is 47.5 Å². The van der Waals surface area contributed by atoms with Crippen LogP contribution in [0.5, 0.6) is 0 Å². The molecule has 0 amide bonds. The summed E-state index contributed by atoms with van der Waals surface area (Å²) in [6, 6.07) is 14.6. The van der Waals surface area contributed by atoms with Crippen LogP contribution in [0.4, 0.5) is 0 Å². The topological polar surface area (TPSA) is 241 Å². The zero-order chi connectivity index (χ0) is 29.9. The van der Waals surface area contributed by atoms with Crippen molar-refractivity contribution in [1.82, 2.24) is 9.44 Å². The summed E-state index contributed by atoms with van der Waals surface area (Å²) in [6.07, 6.45) is -17.6. The summed E-state index contributed by atoms with van der Waals surface area (Å²) < 4.78 is 71.1. The minimum Gasteiger partial charge on any atom is -0.388 e. The van der Waals surface area contributed by atoms with Gasteiger partial charge in [-0.2, -0.15) is 0 Å². The minimum atomic E-state index is -4.03. The van der Waals surface area contributed by atoms with Gasteiger partial charge in [-0.1, -0.05) is 36.4 Å². The van der Waals surface area contributed by atoms with E-state index in [1.165, 1.54) is 48.5 Å². The molecule has 0 aliphatic carbocycles. The predicted molar refractivity (Wildman–Crippen MR) is 138 cm³/mol. The number of ether oxygens (including phenoxy) is 3. The van der Waals surface area contributed by atoms with E-state index in [0.29, 0.717) is 0 Å². The van der Waals surface area contributed by atoms with E-state index < -0.39 is 94.5 Å². The fourth-order valence-electron chi connectivity index (χ4n) is 4.28. The maximum atomic E-state index is 12.5. The molecule has 2 heterocycles. The van der Waals surface area contributed by atoms with Gasteiger partial charge < -0.3 is 44.8 Å². The fourth-order valence-corrected chi connectivity index (χ4v) is 6.41. The van der Waals surface area contributed by atoms with Crippen molar-refractivity contribution in [2.75, 3.05) is 13.1 Å². The van der Waals surface area contributed by atoms with Crippen LogP contribution in [0.2, 0.25) is 0 Å². The van der Waals surface area contributed by atoms with Gasteiger partial charge in [0.2, 0.25) is 20.0 Å². The number of hydrogen-bond donors (Lipinski definition) is 8. The molecule has 10 atom stereocenters. The van der Waals surface area contributed by atoms with Gasteiger partial charge in [0, 0.05) is 13.1 Å². The second-order valence-corrected chi connectivity index (χ2v) is 13.0. The molecule has 2 saturated heterocycles. The normalized spacial score (nSPS) is 34.8. The molecule has 17 heteroatoms. The molecular formula is C24H32N2O13S2. The van der Waals surface area contributed by atoms with Crippen molar-refractivity contribution in [2.24, 2.45) is 0 Å². The van der Waals surface area contributed by atoms with Crippen LogP contribution in [0.15, 0.2) is 70.5 Å². The van der Waals surface area contributed by atoms with Crippen LogP contribution >= 0.6 is 0 Å². The van der Waals surface area contributed by atoms with E-state index in [0.717, 1.165) is 0 Å². The summed E-state index contributed by atoms with van der Waals surface area (Å²) in [4.78, 5) is -0.141. The third-order valence-electron chi connectivity index (χ3n) is 6.66. The number of nitrogens with one attached hydrogen (secondary N) is 2. The summed E-state index contributed by atoms with van der Waals surface area (Å²) in [5.74, 6) is 0. The number of aliphatic hydroxyl groups excluding tert-OH is 6. The SMILES string of the molecule is O=S(=O)(NC[C@H]1O[C@H](O[C@H]2O[C@H](CNS(=O)(=O)c3ccccc3)[C@@H](O)[C@H](O)[C@H]2O)[C@H](O)[C@@H](O)[C@@H]1O)c1ccccc1. The molecule has 2 aliphatic rings. The highest BCUT2D eigenvalue weighted by Gasteiger charge is 2.50. The maximum Gasteiger partial charge on any atom is 0.240 e. The van der Waals surface area contributed by atoms with Crippen molar-refractivity contribution < 1.29 is 61.7 Å². The van der Waals surface area contributed by atoms with Gasteiger partial charge in [0.1, 0.15) is 48.8 Å². The van der Waals surface area contributed by atoms with Gasteiger partial charge >= 0.3 is 0 Å². The van der Waals surface area contributed by atoms with Crippen LogP contribution in [0.1, 0.15) is 0 Å². The monoisotopic (exact) mass is 620 g/mol. The smallest absolute Gasteiger partial charge is 0.240 e. The minimum absolute atomic E-state index is 0.0705. The van der Waals surface area contributed by atoms with Crippen molar-refractivity contribution in [3.8, 4) is 0 Å². The first-order chi connectivity index (χ1) is 19.3. The van der Waals surface area contributed by atoms with Crippen molar-refractivity contribution in [1.29, 1.82) is 0 Å². The third-order valence-corrected chi connectivity index (χ3v) is 9.54. The molecule has 15 nitrogen and oxygen atoms in total. The van der Waals surface area contributed by atoms with Gasteiger partial charge in [-0.15, -0.1) is 0 Å². The van der Waals surface area contributed by atoms with Crippen LogP contribution < -0.4 is 9.44 Å². The summed E-state index contributed by atoms with van der Waals surface area (Å²) in [6.45, 7) is -1.11. The zero-order valence-corrected chi connectivity index (χ0v) is 23.0. The van der Waals surface area contributed by atoms with Gasteiger partial charge in [-0.3, -0.25) is 0 Å². The zero-order valence-electron chi connectivity index (χ0n) is 21.3. The van der Waals surface area contributed by atoms with Crippen LogP contribution in [-0.2, 0) is 34.3 Å². The van der Waals surface area contributed by atoms with Crippen LogP contribution in [0.3, 0.4) is 0 Å². The van der Waals surface area contributed by atoms with E-state index in [4.69, 9.17) is 14.2 Å². The Morgan fingerprint density at radius 2 is 0.902 bits per heavy atom. The Hall–Kier alpha value is -2.10. The number of benzene rings is 2. The van der Waals surface area contributed by atoms with Crippen molar-refractivity contribution in [2.45, 2.75) is 71.2 Å².